The Balaban J connectivity index is 2.56. The summed E-state index contributed by atoms with van der Waals surface area (Å²) in [6, 6.07) is 9.14. The summed E-state index contributed by atoms with van der Waals surface area (Å²) in [6.07, 6.45) is -0.529. The molecule has 0 radical (unpaired) electrons. The van der Waals surface area contributed by atoms with Crippen molar-refractivity contribution in [1.29, 1.82) is 0 Å². The number of nitrogens with zero attached hydrogens (tertiary/aromatic N) is 1. The summed E-state index contributed by atoms with van der Waals surface area (Å²) in [6.45, 7) is 1.92. The van der Waals surface area contributed by atoms with Gasteiger partial charge in [-0.2, -0.15) is 0 Å². The van der Waals surface area contributed by atoms with E-state index < -0.39 is 6.10 Å². The summed E-state index contributed by atoms with van der Waals surface area (Å²) in [5.74, 6) is 0. The highest BCUT2D eigenvalue weighted by Gasteiger charge is 2.06. The van der Waals surface area contributed by atoms with Crippen molar-refractivity contribution in [3.63, 3.8) is 0 Å². The molecule has 3 nitrogen and oxygen atoms in total. The van der Waals surface area contributed by atoms with E-state index in [2.05, 4.69) is 4.98 Å². The fourth-order valence-electron chi connectivity index (χ4n) is 1.51. The molecule has 3 heteroatoms. The standard InChI is InChI=1S/C12H11NO2/c1-8-2-3-9-6-10(12(15)7-14)4-5-11(9)13-8/h2-7,12,15H,1H3. The highest BCUT2D eigenvalue weighted by Crippen LogP contribution is 2.18. The van der Waals surface area contributed by atoms with Crippen LogP contribution in [0.4, 0.5) is 0 Å². The molecular formula is C12H11NO2. The van der Waals surface area contributed by atoms with Gasteiger partial charge in [-0.05, 0) is 30.7 Å². The van der Waals surface area contributed by atoms with Crippen LogP contribution in [0.2, 0.25) is 0 Å². The average Bonchev–Trinajstić information content (AvgIpc) is 2.27. The Labute approximate surface area is 87.4 Å². The zero-order valence-corrected chi connectivity index (χ0v) is 8.34. The normalized spacial score (nSPS) is 12.7. The van der Waals surface area contributed by atoms with Gasteiger partial charge >= 0.3 is 0 Å². The average molecular weight is 201 g/mol. The quantitative estimate of drug-likeness (QED) is 0.753. The number of aldehydes is 1. The predicted molar refractivity (Wildman–Crippen MR) is 57.5 cm³/mol. The highest BCUT2D eigenvalue weighted by atomic mass is 16.3. The number of rotatable bonds is 2. The Morgan fingerprint density at radius 2 is 2.13 bits per heavy atom. The lowest BCUT2D eigenvalue weighted by atomic mass is 10.1. The minimum atomic E-state index is -1.05. The molecule has 0 aliphatic rings. The van der Waals surface area contributed by atoms with Crippen LogP contribution in [0.15, 0.2) is 30.3 Å². The van der Waals surface area contributed by atoms with E-state index in [4.69, 9.17) is 0 Å². The summed E-state index contributed by atoms with van der Waals surface area (Å²) in [7, 11) is 0. The number of fused-ring (bicyclic) bond motifs is 1. The number of aliphatic hydroxyl groups excluding tert-OH is 1. The first-order valence-corrected chi connectivity index (χ1v) is 4.71. The van der Waals surface area contributed by atoms with Crippen molar-refractivity contribution in [2.24, 2.45) is 0 Å². The lowest BCUT2D eigenvalue weighted by Crippen LogP contribution is -1.97. The third-order valence-electron chi connectivity index (χ3n) is 2.32. The number of hydrogen-bond donors (Lipinski definition) is 1. The molecule has 1 atom stereocenters. The van der Waals surface area contributed by atoms with Crippen molar-refractivity contribution >= 4 is 17.2 Å². The van der Waals surface area contributed by atoms with Gasteiger partial charge in [0.05, 0.1) is 5.52 Å². The minimum absolute atomic E-state index is 0.517. The molecule has 0 aliphatic heterocycles. The maximum absolute atomic E-state index is 10.4. The van der Waals surface area contributed by atoms with Crippen LogP contribution < -0.4 is 0 Å². The number of carbonyl (C=O) groups excluding carboxylic acids is 1. The molecule has 0 spiro atoms. The van der Waals surface area contributed by atoms with Gasteiger partial charge in [0.15, 0.2) is 6.29 Å². The van der Waals surface area contributed by atoms with Crippen LogP contribution in [-0.2, 0) is 4.79 Å². The predicted octanol–water partition coefficient (Wildman–Crippen LogP) is 1.78. The second-order valence-corrected chi connectivity index (χ2v) is 3.49. The fraction of sp³-hybridized carbons (Fsp3) is 0.167. The summed E-state index contributed by atoms with van der Waals surface area (Å²) in [5.41, 5.74) is 2.42. The Kier molecular flexibility index (Phi) is 2.47. The zero-order chi connectivity index (χ0) is 10.8. The van der Waals surface area contributed by atoms with E-state index in [0.717, 1.165) is 16.6 Å². The first kappa shape index (κ1) is 9.80. The molecule has 0 fully saturated rings. The van der Waals surface area contributed by atoms with Crippen molar-refractivity contribution in [3.8, 4) is 0 Å². The number of aliphatic hydroxyl groups is 1. The van der Waals surface area contributed by atoms with E-state index >= 15 is 0 Å². The van der Waals surface area contributed by atoms with E-state index in [9.17, 15) is 9.90 Å². The molecule has 1 heterocycles. The van der Waals surface area contributed by atoms with Crippen LogP contribution in [0.25, 0.3) is 10.9 Å². The molecule has 1 unspecified atom stereocenters. The zero-order valence-electron chi connectivity index (χ0n) is 8.34. The first-order valence-electron chi connectivity index (χ1n) is 4.71. The molecule has 1 N–H and O–H groups in total. The molecule has 0 saturated carbocycles. The maximum Gasteiger partial charge on any atom is 0.153 e. The Morgan fingerprint density at radius 1 is 1.33 bits per heavy atom. The van der Waals surface area contributed by atoms with E-state index in [1.807, 2.05) is 25.1 Å². The van der Waals surface area contributed by atoms with Crippen LogP contribution >= 0.6 is 0 Å². The van der Waals surface area contributed by atoms with Gasteiger partial charge in [-0.15, -0.1) is 0 Å². The van der Waals surface area contributed by atoms with Gasteiger partial charge in [0, 0.05) is 11.1 Å². The number of aromatic nitrogens is 1. The maximum atomic E-state index is 10.4. The van der Waals surface area contributed by atoms with Gasteiger partial charge < -0.3 is 9.90 Å². The number of carbonyl (C=O) groups is 1. The largest absolute Gasteiger partial charge is 0.381 e. The smallest absolute Gasteiger partial charge is 0.153 e. The Bertz CT molecular complexity index is 508. The topological polar surface area (TPSA) is 50.2 Å². The first-order chi connectivity index (χ1) is 7.20. The van der Waals surface area contributed by atoms with Gasteiger partial charge in [0.1, 0.15) is 6.10 Å². The molecule has 0 amide bonds. The lowest BCUT2D eigenvalue weighted by Gasteiger charge is -2.05. The van der Waals surface area contributed by atoms with Crippen molar-refractivity contribution < 1.29 is 9.90 Å². The van der Waals surface area contributed by atoms with Gasteiger partial charge in [-0.1, -0.05) is 12.1 Å². The van der Waals surface area contributed by atoms with E-state index in [1.165, 1.54) is 0 Å². The lowest BCUT2D eigenvalue weighted by molar-refractivity contribution is -0.115. The van der Waals surface area contributed by atoms with Crippen molar-refractivity contribution in [2.45, 2.75) is 13.0 Å². The summed E-state index contributed by atoms with van der Waals surface area (Å²) in [5, 5.41) is 10.3. The monoisotopic (exact) mass is 201 g/mol. The van der Waals surface area contributed by atoms with Crippen molar-refractivity contribution in [1.82, 2.24) is 4.98 Å². The number of aryl methyl sites for hydroxylation is 1. The third-order valence-corrected chi connectivity index (χ3v) is 2.32. The number of hydrogen-bond acceptors (Lipinski definition) is 3. The molecule has 76 valence electrons. The number of benzene rings is 1. The third kappa shape index (κ3) is 1.87. The number of pyridine rings is 1. The molecule has 0 saturated heterocycles. The van der Waals surface area contributed by atoms with Crippen LogP contribution in [-0.4, -0.2) is 16.4 Å². The second kappa shape index (κ2) is 3.79. The SMILES string of the molecule is Cc1ccc2cc(C(O)C=O)ccc2n1. The fourth-order valence-corrected chi connectivity index (χ4v) is 1.51. The van der Waals surface area contributed by atoms with Crippen molar-refractivity contribution in [2.75, 3.05) is 0 Å². The van der Waals surface area contributed by atoms with Crippen LogP contribution in [0.5, 0.6) is 0 Å². The molecular weight excluding hydrogens is 190 g/mol. The van der Waals surface area contributed by atoms with Gasteiger partial charge in [-0.3, -0.25) is 4.98 Å². The van der Waals surface area contributed by atoms with E-state index in [-0.39, 0.29) is 0 Å². The molecule has 0 bridgehead atoms. The summed E-state index contributed by atoms with van der Waals surface area (Å²) >= 11 is 0. The van der Waals surface area contributed by atoms with Gasteiger partial charge in [0.2, 0.25) is 0 Å². The molecule has 15 heavy (non-hydrogen) atoms. The Morgan fingerprint density at radius 3 is 2.87 bits per heavy atom. The van der Waals surface area contributed by atoms with Gasteiger partial charge in [-0.25, -0.2) is 0 Å². The van der Waals surface area contributed by atoms with Gasteiger partial charge in [0.25, 0.3) is 0 Å². The van der Waals surface area contributed by atoms with Crippen LogP contribution in [0, 0.1) is 6.92 Å². The van der Waals surface area contributed by atoms with Crippen LogP contribution in [0.3, 0.4) is 0 Å². The van der Waals surface area contributed by atoms with E-state index in [0.29, 0.717) is 11.8 Å². The summed E-state index contributed by atoms with van der Waals surface area (Å²) < 4.78 is 0. The molecule has 0 aliphatic carbocycles. The molecule has 2 rings (SSSR count). The molecule has 2 aromatic rings. The minimum Gasteiger partial charge on any atom is -0.381 e. The van der Waals surface area contributed by atoms with E-state index in [1.54, 1.807) is 12.1 Å². The van der Waals surface area contributed by atoms with Crippen LogP contribution in [0.1, 0.15) is 17.4 Å². The second-order valence-electron chi connectivity index (χ2n) is 3.49. The molecule has 1 aromatic heterocycles. The summed E-state index contributed by atoms with van der Waals surface area (Å²) in [4.78, 5) is 14.8. The highest BCUT2D eigenvalue weighted by molar-refractivity contribution is 5.80. The molecule has 1 aromatic carbocycles. The van der Waals surface area contributed by atoms with Crippen molar-refractivity contribution in [3.05, 3.63) is 41.6 Å². The Hall–Kier alpha value is -1.74.